The second-order valence-electron chi connectivity index (χ2n) is 6.61. The van der Waals surface area contributed by atoms with Gasteiger partial charge in [0.25, 0.3) is 10.0 Å². The Bertz CT molecular complexity index is 1080. The Balaban J connectivity index is 1.59. The molecule has 1 aromatic carbocycles. The average Bonchev–Trinajstić information content (AvgIpc) is 3.43. The van der Waals surface area contributed by atoms with Crippen LogP contribution >= 0.6 is 11.3 Å². The number of carbonyl (C=O) groups excluding carboxylic acids is 1. The van der Waals surface area contributed by atoms with Crippen LogP contribution in [0.2, 0.25) is 0 Å². The van der Waals surface area contributed by atoms with E-state index in [0.717, 1.165) is 22.7 Å². The SMILES string of the molecule is Cc1cc(NC(=O)C2CCCN2S(=O)(=O)c2cccs2)n(-c2ccccc2)n1. The van der Waals surface area contributed by atoms with Crippen LogP contribution in [-0.2, 0) is 14.8 Å². The van der Waals surface area contributed by atoms with Crippen LogP contribution in [-0.4, -0.2) is 41.0 Å². The Morgan fingerprint density at radius 3 is 2.71 bits per heavy atom. The molecule has 0 radical (unpaired) electrons. The molecule has 1 saturated heterocycles. The van der Waals surface area contributed by atoms with Gasteiger partial charge in [0.05, 0.1) is 11.4 Å². The maximum atomic E-state index is 13.0. The maximum absolute atomic E-state index is 13.0. The highest BCUT2D eigenvalue weighted by molar-refractivity contribution is 7.91. The highest BCUT2D eigenvalue weighted by atomic mass is 32.2. The molecule has 2 aromatic heterocycles. The number of aromatic nitrogens is 2. The Morgan fingerprint density at radius 2 is 2.00 bits per heavy atom. The van der Waals surface area contributed by atoms with E-state index in [1.54, 1.807) is 28.3 Å². The highest BCUT2D eigenvalue weighted by Gasteiger charge is 2.40. The number of aryl methyl sites for hydroxylation is 1. The lowest BCUT2D eigenvalue weighted by molar-refractivity contribution is -0.119. The number of benzene rings is 1. The fraction of sp³-hybridized carbons (Fsp3) is 0.263. The Labute approximate surface area is 167 Å². The molecule has 0 spiro atoms. The average molecular weight is 417 g/mol. The smallest absolute Gasteiger partial charge is 0.253 e. The molecule has 0 aliphatic carbocycles. The molecule has 0 saturated carbocycles. The molecule has 3 aromatic rings. The summed E-state index contributed by atoms with van der Waals surface area (Å²) in [6.07, 6.45) is 1.15. The number of carbonyl (C=O) groups is 1. The van der Waals surface area contributed by atoms with Crippen molar-refractivity contribution in [2.75, 3.05) is 11.9 Å². The first kappa shape index (κ1) is 18.9. The molecule has 9 heteroatoms. The fourth-order valence-corrected chi connectivity index (χ4v) is 6.16. The standard InChI is InChI=1S/C19H20N4O3S2/c1-14-13-17(23(21-14)15-7-3-2-4-8-15)20-19(24)16-9-5-11-22(16)28(25,26)18-10-6-12-27-18/h2-4,6-8,10,12-13,16H,5,9,11H2,1H3,(H,20,24). The number of nitrogens with one attached hydrogen (secondary N) is 1. The predicted molar refractivity (Wildman–Crippen MR) is 108 cm³/mol. The third-order valence-corrected chi connectivity index (χ3v) is 7.93. The van der Waals surface area contributed by atoms with Crippen molar-refractivity contribution in [1.82, 2.24) is 14.1 Å². The second kappa shape index (κ2) is 7.50. The normalized spacial score (nSPS) is 17.7. The molecule has 7 nitrogen and oxygen atoms in total. The fourth-order valence-electron chi connectivity index (χ4n) is 3.38. The lowest BCUT2D eigenvalue weighted by Gasteiger charge is -2.22. The molecule has 4 rings (SSSR count). The van der Waals surface area contributed by atoms with E-state index >= 15 is 0 Å². The van der Waals surface area contributed by atoms with Gasteiger partial charge in [-0.15, -0.1) is 11.3 Å². The summed E-state index contributed by atoms with van der Waals surface area (Å²) in [6.45, 7) is 2.19. The molecule has 146 valence electrons. The number of amides is 1. The van der Waals surface area contributed by atoms with Gasteiger partial charge in [0.2, 0.25) is 5.91 Å². The van der Waals surface area contributed by atoms with Crippen LogP contribution < -0.4 is 5.32 Å². The number of hydrogen-bond donors (Lipinski definition) is 1. The molecule has 28 heavy (non-hydrogen) atoms. The summed E-state index contributed by atoms with van der Waals surface area (Å²) in [4.78, 5) is 13.0. The van der Waals surface area contributed by atoms with E-state index in [1.165, 1.54) is 4.31 Å². The first-order valence-electron chi connectivity index (χ1n) is 8.95. The third-order valence-electron chi connectivity index (χ3n) is 4.65. The van der Waals surface area contributed by atoms with Gasteiger partial charge in [-0.3, -0.25) is 4.79 Å². The van der Waals surface area contributed by atoms with E-state index in [2.05, 4.69) is 10.4 Å². The van der Waals surface area contributed by atoms with Crippen molar-refractivity contribution in [3.8, 4) is 5.69 Å². The van der Waals surface area contributed by atoms with Crippen LogP contribution in [0.4, 0.5) is 5.82 Å². The van der Waals surface area contributed by atoms with Gasteiger partial charge in [-0.1, -0.05) is 24.3 Å². The minimum atomic E-state index is -3.67. The lowest BCUT2D eigenvalue weighted by Crippen LogP contribution is -2.43. The summed E-state index contributed by atoms with van der Waals surface area (Å²) in [5.41, 5.74) is 1.58. The first-order chi connectivity index (χ1) is 13.5. The zero-order valence-electron chi connectivity index (χ0n) is 15.3. The minimum Gasteiger partial charge on any atom is -0.309 e. The van der Waals surface area contributed by atoms with Crippen LogP contribution in [0.5, 0.6) is 0 Å². The van der Waals surface area contributed by atoms with Crippen molar-refractivity contribution in [1.29, 1.82) is 0 Å². The summed E-state index contributed by atoms with van der Waals surface area (Å²) in [7, 11) is -3.67. The van der Waals surface area contributed by atoms with Gasteiger partial charge in [0.15, 0.2) is 0 Å². The number of thiophene rings is 1. The van der Waals surface area contributed by atoms with Crippen LogP contribution in [0, 0.1) is 6.92 Å². The Kier molecular flexibility index (Phi) is 5.05. The van der Waals surface area contributed by atoms with Crippen molar-refractivity contribution < 1.29 is 13.2 Å². The highest BCUT2D eigenvalue weighted by Crippen LogP contribution is 2.29. The van der Waals surface area contributed by atoms with Crippen molar-refractivity contribution in [3.63, 3.8) is 0 Å². The zero-order chi connectivity index (χ0) is 19.7. The quantitative estimate of drug-likeness (QED) is 0.693. The van der Waals surface area contributed by atoms with Gasteiger partial charge < -0.3 is 5.32 Å². The van der Waals surface area contributed by atoms with Crippen LogP contribution in [0.3, 0.4) is 0 Å². The molecular weight excluding hydrogens is 396 g/mol. The lowest BCUT2D eigenvalue weighted by atomic mass is 10.2. The van der Waals surface area contributed by atoms with Gasteiger partial charge in [-0.05, 0) is 43.3 Å². The molecule has 3 heterocycles. The summed E-state index contributed by atoms with van der Waals surface area (Å²) in [6, 6.07) is 13.8. The summed E-state index contributed by atoms with van der Waals surface area (Å²) in [5.74, 6) is 0.184. The summed E-state index contributed by atoms with van der Waals surface area (Å²) >= 11 is 1.16. The van der Waals surface area contributed by atoms with E-state index in [4.69, 9.17) is 0 Å². The molecule has 1 aliphatic rings. The summed E-state index contributed by atoms with van der Waals surface area (Å²) in [5, 5.41) is 9.04. The molecule has 1 amide bonds. The van der Waals surface area contributed by atoms with Crippen molar-refractivity contribution in [2.45, 2.75) is 30.0 Å². The van der Waals surface area contributed by atoms with Crippen LogP contribution in [0.25, 0.3) is 5.69 Å². The van der Waals surface area contributed by atoms with E-state index in [9.17, 15) is 13.2 Å². The van der Waals surface area contributed by atoms with Gasteiger partial charge in [-0.2, -0.15) is 9.40 Å². The van der Waals surface area contributed by atoms with Crippen LogP contribution in [0.1, 0.15) is 18.5 Å². The molecule has 1 aliphatic heterocycles. The first-order valence-corrected chi connectivity index (χ1v) is 11.3. The topological polar surface area (TPSA) is 84.3 Å². The molecule has 1 atom stereocenters. The molecule has 0 bridgehead atoms. The number of para-hydroxylation sites is 1. The molecule has 1 N–H and O–H groups in total. The van der Waals surface area contributed by atoms with E-state index in [-0.39, 0.29) is 10.1 Å². The van der Waals surface area contributed by atoms with Crippen molar-refractivity contribution >= 4 is 33.1 Å². The number of nitrogens with zero attached hydrogens (tertiary/aromatic N) is 3. The molecular formula is C19H20N4O3S2. The van der Waals surface area contributed by atoms with E-state index in [0.29, 0.717) is 25.2 Å². The van der Waals surface area contributed by atoms with Crippen molar-refractivity contribution in [3.05, 3.63) is 59.6 Å². The molecule has 1 fully saturated rings. The van der Waals surface area contributed by atoms with E-state index in [1.807, 2.05) is 37.3 Å². The van der Waals surface area contributed by atoms with Gasteiger partial charge in [0.1, 0.15) is 16.1 Å². The number of anilines is 1. The largest absolute Gasteiger partial charge is 0.309 e. The number of hydrogen-bond acceptors (Lipinski definition) is 5. The van der Waals surface area contributed by atoms with Gasteiger partial charge in [-0.25, -0.2) is 13.1 Å². The molecule has 1 unspecified atom stereocenters. The third kappa shape index (κ3) is 3.48. The van der Waals surface area contributed by atoms with Gasteiger partial charge >= 0.3 is 0 Å². The predicted octanol–water partition coefficient (Wildman–Crippen LogP) is 3.03. The number of sulfonamides is 1. The van der Waals surface area contributed by atoms with E-state index < -0.39 is 16.1 Å². The monoisotopic (exact) mass is 416 g/mol. The maximum Gasteiger partial charge on any atom is 0.253 e. The Hall–Kier alpha value is -2.49. The van der Waals surface area contributed by atoms with Crippen LogP contribution in [0.15, 0.2) is 58.1 Å². The minimum absolute atomic E-state index is 0.261. The van der Waals surface area contributed by atoms with Gasteiger partial charge in [0, 0.05) is 12.6 Å². The van der Waals surface area contributed by atoms with Crippen molar-refractivity contribution in [2.24, 2.45) is 0 Å². The Morgan fingerprint density at radius 1 is 1.21 bits per heavy atom. The zero-order valence-corrected chi connectivity index (χ0v) is 16.9. The summed E-state index contributed by atoms with van der Waals surface area (Å²) < 4.78 is 29.0. The number of rotatable bonds is 5. The second-order valence-corrected chi connectivity index (χ2v) is 9.68.